The predicted octanol–water partition coefficient (Wildman–Crippen LogP) is 5.21. The van der Waals surface area contributed by atoms with Gasteiger partial charge in [-0.15, -0.1) is 10.2 Å². The molecule has 6 nitrogen and oxygen atoms in total. The topological polar surface area (TPSA) is 69.0 Å². The van der Waals surface area contributed by atoms with E-state index in [1.54, 1.807) is 0 Å². The van der Waals surface area contributed by atoms with Gasteiger partial charge >= 0.3 is 0 Å². The quantitative estimate of drug-likeness (QED) is 0.489. The van der Waals surface area contributed by atoms with Crippen molar-refractivity contribution in [3.63, 3.8) is 0 Å². The van der Waals surface area contributed by atoms with Crippen molar-refractivity contribution in [1.82, 2.24) is 14.8 Å². The van der Waals surface area contributed by atoms with Crippen LogP contribution in [0.25, 0.3) is 0 Å². The lowest BCUT2D eigenvalue weighted by Crippen LogP contribution is -2.20. The molecule has 3 aromatic rings. The minimum absolute atomic E-state index is 0.0498. The number of amides is 1. The summed E-state index contributed by atoms with van der Waals surface area (Å²) >= 11 is 1.38. The Morgan fingerprint density at radius 1 is 1.10 bits per heavy atom. The van der Waals surface area contributed by atoms with E-state index in [1.807, 2.05) is 60.9 Å². The van der Waals surface area contributed by atoms with E-state index in [0.717, 1.165) is 22.8 Å². The van der Waals surface area contributed by atoms with Gasteiger partial charge in [0.25, 0.3) is 0 Å². The highest BCUT2D eigenvalue weighted by Crippen LogP contribution is 2.29. The average molecular weight is 439 g/mol. The second-order valence-electron chi connectivity index (χ2n) is 8.38. The van der Waals surface area contributed by atoms with Gasteiger partial charge in [0.2, 0.25) is 5.91 Å². The Hall–Kier alpha value is -2.80. The maximum absolute atomic E-state index is 12.6. The molecule has 0 aliphatic rings. The van der Waals surface area contributed by atoms with E-state index in [2.05, 4.69) is 42.4 Å². The number of nitrogens with zero attached hydrogens (tertiary/aromatic N) is 3. The zero-order valence-electron chi connectivity index (χ0n) is 18.8. The normalized spacial score (nSPS) is 11.4. The van der Waals surface area contributed by atoms with E-state index in [4.69, 9.17) is 4.74 Å². The number of carbonyl (C=O) groups excluding carboxylic acids is 1. The van der Waals surface area contributed by atoms with Gasteiger partial charge in [0.05, 0.1) is 5.75 Å². The minimum atomic E-state index is -0.0650. The maximum Gasteiger partial charge on any atom is 0.234 e. The first-order valence-electron chi connectivity index (χ1n) is 10.4. The lowest BCUT2D eigenvalue weighted by Gasteiger charge is -2.22. The molecule has 0 bridgehead atoms. The molecule has 0 unspecified atom stereocenters. The summed E-state index contributed by atoms with van der Waals surface area (Å²) in [6.45, 7) is 11.5. The summed E-state index contributed by atoms with van der Waals surface area (Å²) in [5.74, 6) is 1.73. The van der Waals surface area contributed by atoms with Crippen molar-refractivity contribution in [2.24, 2.45) is 0 Å². The number of ether oxygens (including phenoxy) is 1. The first-order chi connectivity index (χ1) is 14.8. The van der Waals surface area contributed by atoms with Gasteiger partial charge < -0.3 is 14.6 Å². The fourth-order valence-electron chi connectivity index (χ4n) is 3.20. The smallest absolute Gasteiger partial charge is 0.234 e. The standard InChI is InChI=1S/C24H30N4O2S/c1-6-28-21(15-30-18-13-11-17(2)12-14-18)26-27-23(28)31-16-22(29)25-20-10-8-7-9-19(20)24(3,4)5/h7-14H,6,15-16H2,1-5H3,(H,25,29). The molecular weight excluding hydrogens is 408 g/mol. The van der Waals surface area contributed by atoms with E-state index in [0.29, 0.717) is 18.3 Å². The van der Waals surface area contributed by atoms with Crippen LogP contribution in [0.5, 0.6) is 5.75 Å². The fourth-order valence-corrected chi connectivity index (χ4v) is 4.02. The highest BCUT2D eigenvalue weighted by molar-refractivity contribution is 7.99. The molecule has 0 spiro atoms. The number of nitrogens with one attached hydrogen (secondary N) is 1. The Bertz CT molecular complexity index is 1020. The third-order valence-electron chi connectivity index (χ3n) is 4.84. The van der Waals surface area contributed by atoms with Crippen LogP contribution in [0.1, 0.15) is 44.6 Å². The summed E-state index contributed by atoms with van der Waals surface area (Å²) in [5.41, 5.74) is 3.10. The van der Waals surface area contributed by atoms with Crippen LogP contribution in [-0.2, 0) is 23.4 Å². The molecule has 164 valence electrons. The number of aryl methyl sites for hydroxylation is 1. The molecule has 0 saturated heterocycles. The zero-order chi connectivity index (χ0) is 22.4. The van der Waals surface area contributed by atoms with Gasteiger partial charge in [-0.1, -0.05) is 68.4 Å². The van der Waals surface area contributed by atoms with Gasteiger partial charge in [0.15, 0.2) is 11.0 Å². The van der Waals surface area contributed by atoms with Crippen LogP contribution in [0.15, 0.2) is 53.7 Å². The summed E-state index contributed by atoms with van der Waals surface area (Å²) in [6, 6.07) is 15.8. The Morgan fingerprint density at radius 3 is 2.48 bits per heavy atom. The van der Waals surface area contributed by atoms with E-state index < -0.39 is 0 Å². The van der Waals surface area contributed by atoms with Crippen LogP contribution in [0.4, 0.5) is 5.69 Å². The number of anilines is 1. The second-order valence-corrected chi connectivity index (χ2v) is 9.32. The van der Waals surface area contributed by atoms with Gasteiger partial charge in [-0.3, -0.25) is 4.79 Å². The van der Waals surface area contributed by atoms with E-state index in [-0.39, 0.29) is 17.1 Å². The van der Waals surface area contributed by atoms with Crippen LogP contribution in [0.3, 0.4) is 0 Å². The Balaban J connectivity index is 1.60. The maximum atomic E-state index is 12.6. The summed E-state index contributed by atoms with van der Waals surface area (Å²) in [6.07, 6.45) is 0. The Kier molecular flexibility index (Phi) is 7.38. The molecule has 2 aromatic carbocycles. The molecular formula is C24H30N4O2S. The molecule has 0 fully saturated rings. The number of carbonyl (C=O) groups is 1. The second kappa shape index (κ2) is 10.0. The lowest BCUT2D eigenvalue weighted by atomic mass is 9.86. The largest absolute Gasteiger partial charge is 0.486 e. The molecule has 31 heavy (non-hydrogen) atoms. The van der Waals surface area contributed by atoms with Crippen molar-refractivity contribution in [2.75, 3.05) is 11.1 Å². The third kappa shape index (κ3) is 6.10. The van der Waals surface area contributed by atoms with Gasteiger partial charge in [0.1, 0.15) is 12.4 Å². The highest BCUT2D eigenvalue weighted by Gasteiger charge is 2.19. The zero-order valence-corrected chi connectivity index (χ0v) is 19.6. The number of benzene rings is 2. The van der Waals surface area contributed by atoms with Crippen LogP contribution >= 0.6 is 11.8 Å². The first-order valence-corrected chi connectivity index (χ1v) is 11.4. The van der Waals surface area contributed by atoms with Gasteiger partial charge in [-0.05, 0) is 43.0 Å². The summed E-state index contributed by atoms with van der Waals surface area (Å²) < 4.78 is 7.82. The monoisotopic (exact) mass is 438 g/mol. The number of hydrogen-bond donors (Lipinski definition) is 1. The third-order valence-corrected chi connectivity index (χ3v) is 5.81. The highest BCUT2D eigenvalue weighted by atomic mass is 32.2. The van der Waals surface area contributed by atoms with Crippen molar-refractivity contribution in [1.29, 1.82) is 0 Å². The molecule has 1 N–H and O–H groups in total. The van der Waals surface area contributed by atoms with E-state index in [9.17, 15) is 4.79 Å². The number of thioether (sulfide) groups is 1. The fraction of sp³-hybridized carbons (Fsp3) is 0.375. The minimum Gasteiger partial charge on any atom is -0.486 e. The summed E-state index contributed by atoms with van der Waals surface area (Å²) in [7, 11) is 0. The molecule has 1 aromatic heterocycles. The Morgan fingerprint density at radius 2 is 1.81 bits per heavy atom. The van der Waals surface area contributed by atoms with Crippen molar-refractivity contribution < 1.29 is 9.53 Å². The van der Waals surface area contributed by atoms with Crippen LogP contribution in [0, 0.1) is 6.92 Å². The molecule has 0 atom stereocenters. The number of rotatable bonds is 8. The van der Waals surface area contributed by atoms with Crippen molar-refractivity contribution in [3.05, 3.63) is 65.5 Å². The predicted molar refractivity (Wildman–Crippen MR) is 126 cm³/mol. The van der Waals surface area contributed by atoms with Crippen molar-refractivity contribution in [3.8, 4) is 5.75 Å². The average Bonchev–Trinajstić information content (AvgIpc) is 3.13. The van der Waals surface area contributed by atoms with Crippen LogP contribution in [-0.4, -0.2) is 26.4 Å². The van der Waals surface area contributed by atoms with E-state index >= 15 is 0 Å². The van der Waals surface area contributed by atoms with Crippen LogP contribution in [0.2, 0.25) is 0 Å². The molecule has 3 rings (SSSR count). The van der Waals surface area contributed by atoms with E-state index in [1.165, 1.54) is 17.3 Å². The molecule has 1 amide bonds. The first kappa shape index (κ1) is 22.9. The Labute approximate surface area is 188 Å². The molecule has 1 heterocycles. The summed E-state index contributed by atoms with van der Waals surface area (Å²) in [4.78, 5) is 12.6. The van der Waals surface area contributed by atoms with Gasteiger partial charge in [0, 0.05) is 12.2 Å². The van der Waals surface area contributed by atoms with Gasteiger partial charge in [-0.25, -0.2) is 0 Å². The van der Waals surface area contributed by atoms with Crippen LogP contribution < -0.4 is 10.1 Å². The number of para-hydroxylation sites is 1. The van der Waals surface area contributed by atoms with Gasteiger partial charge in [-0.2, -0.15) is 0 Å². The molecule has 0 aliphatic carbocycles. The lowest BCUT2D eigenvalue weighted by molar-refractivity contribution is -0.113. The number of hydrogen-bond acceptors (Lipinski definition) is 5. The molecule has 0 radical (unpaired) electrons. The summed E-state index contributed by atoms with van der Waals surface area (Å²) in [5, 5.41) is 12.3. The molecule has 0 aliphatic heterocycles. The van der Waals surface area contributed by atoms with Crippen molar-refractivity contribution in [2.45, 2.75) is 58.3 Å². The molecule has 0 saturated carbocycles. The van der Waals surface area contributed by atoms with Crippen molar-refractivity contribution >= 4 is 23.4 Å². The SMILES string of the molecule is CCn1c(COc2ccc(C)cc2)nnc1SCC(=O)Nc1ccccc1C(C)(C)C. The number of aromatic nitrogens is 3. The molecule has 7 heteroatoms.